The number of ether oxygens (including phenoxy) is 1. The van der Waals surface area contributed by atoms with Crippen LogP contribution in [0.25, 0.3) is 11.0 Å². The molecule has 1 aliphatic rings. The molecule has 8 heteroatoms. The fourth-order valence-corrected chi connectivity index (χ4v) is 2.48. The van der Waals surface area contributed by atoms with Crippen molar-refractivity contribution < 1.29 is 17.9 Å². The van der Waals surface area contributed by atoms with Crippen LogP contribution in [0, 0.1) is 0 Å². The fraction of sp³-hybridized carbons (Fsp3) is 0.429. The summed E-state index contributed by atoms with van der Waals surface area (Å²) >= 11 is 0. The third-order valence-electron chi connectivity index (χ3n) is 3.59. The number of nitrogens with one attached hydrogen (secondary N) is 1. The van der Waals surface area contributed by atoms with Gasteiger partial charge < -0.3 is 15.0 Å². The lowest BCUT2D eigenvalue weighted by Crippen LogP contribution is -2.43. The standard InChI is InChI=1S/C14H15F3N4O/c1-22-12-8-10(14(15,16)17)9-2-3-11(19-13(9)20-12)21-6-4-18-5-7-21/h2-3,8,18H,4-7H2,1H3. The van der Waals surface area contributed by atoms with Gasteiger partial charge in [0.15, 0.2) is 5.65 Å². The highest BCUT2D eigenvalue weighted by atomic mass is 19.4. The van der Waals surface area contributed by atoms with Gasteiger partial charge in [-0.05, 0) is 12.1 Å². The number of methoxy groups -OCH3 is 1. The zero-order valence-corrected chi connectivity index (χ0v) is 11.9. The monoisotopic (exact) mass is 312 g/mol. The van der Waals surface area contributed by atoms with Crippen LogP contribution in [0.15, 0.2) is 18.2 Å². The molecule has 0 saturated carbocycles. The molecule has 0 aromatic carbocycles. The minimum Gasteiger partial charge on any atom is -0.481 e. The predicted octanol–water partition coefficient (Wildman–Crippen LogP) is 2.07. The Morgan fingerprint density at radius 2 is 1.91 bits per heavy atom. The lowest BCUT2D eigenvalue weighted by molar-refractivity contribution is -0.136. The van der Waals surface area contributed by atoms with E-state index >= 15 is 0 Å². The fourth-order valence-electron chi connectivity index (χ4n) is 2.48. The minimum absolute atomic E-state index is 0.0211. The topological polar surface area (TPSA) is 50.3 Å². The van der Waals surface area contributed by atoms with Gasteiger partial charge in [0, 0.05) is 37.6 Å². The summed E-state index contributed by atoms with van der Waals surface area (Å²) in [5.74, 6) is 0.535. The number of piperazine rings is 1. The number of hydrogen-bond acceptors (Lipinski definition) is 5. The van der Waals surface area contributed by atoms with Crippen molar-refractivity contribution in [2.24, 2.45) is 0 Å². The van der Waals surface area contributed by atoms with E-state index in [-0.39, 0.29) is 16.9 Å². The first-order chi connectivity index (χ1) is 10.5. The Bertz CT molecular complexity index is 684. The van der Waals surface area contributed by atoms with Gasteiger partial charge in [-0.2, -0.15) is 18.2 Å². The molecule has 0 amide bonds. The molecule has 2 aromatic rings. The molecule has 3 rings (SSSR count). The highest BCUT2D eigenvalue weighted by Gasteiger charge is 2.34. The quantitative estimate of drug-likeness (QED) is 0.920. The average Bonchev–Trinajstić information content (AvgIpc) is 2.53. The van der Waals surface area contributed by atoms with Crippen LogP contribution in [0.2, 0.25) is 0 Å². The Hall–Kier alpha value is -2.09. The number of alkyl halides is 3. The molecule has 1 saturated heterocycles. The van der Waals surface area contributed by atoms with Gasteiger partial charge in [0.05, 0.1) is 12.7 Å². The molecule has 3 heterocycles. The Morgan fingerprint density at radius 1 is 1.18 bits per heavy atom. The van der Waals surface area contributed by atoms with E-state index in [0.29, 0.717) is 5.82 Å². The molecule has 0 atom stereocenters. The van der Waals surface area contributed by atoms with Gasteiger partial charge in [-0.25, -0.2) is 4.98 Å². The lowest BCUT2D eigenvalue weighted by Gasteiger charge is -2.28. The van der Waals surface area contributed by atoms with Crippen LogP contribution in [-0.2, 0) is 6.18 Å². The number of nitrogens with zero attached hydrogens (tertiary/aromatic N) is 3. The average molecular weight is 312 g/mol. The summed E-state index contributed by atoms with van der Waals surface area (Å²) < 4.78 is 44.3. The van der Waals surface area contributed by atoms with Crippen LogP contribution in [0.5, 0.6) is 5.88 Å². The first kappa shape index (κ1) is 14.8. The molecular weight excluding hydrogens is 297 g/mol. The van der Waals surface area contributed by atoms with E-state index in [1.54, 1.807) is 6.07 Å². The molecular formula is C14H15F3N4O. The van der Waals surface area contributed by atoms with Crippen molar-refractivity contribution >= 4 is 16.9 Å². The normalized spacial score (nSPS) is 16.1. The summed E-state index contributed by atoms with van der Waals surface area (Å²) in [5.41, 5.74) is -0.739. The molecule has 1 fully saturated rings. The second-order valence-corrected chi connectivity index (χ2v) is 4.99. The summed E-state index contributed by atoms with van der Waals surface area (Å²) in [7, 11) is 1.29. The first-order valence-corrected chi connectivity index (χ1v) is 6.87. The summed E-state index contributed by atoms with van der Waals surface area (Å²) in [4.78, 5) is 10.4. The van der Waals surface area contributed by atoms with E-state index in [1.807, 2.05) is 4.90 Å². The molecule has 0 spiro atoms. The molecule has 0 radical (unpaired) electrons. The number of aromatic nitrogens is 2. The second kappa shape index (κ2) is 5.60. The van der Waals surface area contributed by atoms with Gasteiger partial charge in [0.25, 0.3) is 0 Å². The van der Waals surface area contributed by atoms with Crippen LogP contribution >= 0.6 is 0 Å². The van der Waals surface area contributed by atoms with Crippen molar-refractivity contribution in [3.63, 3.8) is 0 Å². The third kappa shape index (κ3) is 2.78. The molecule has 0 aliphatic carbocycles. The molecule has 118 valence electrons. The van der Waals surface area contributed by atoms with Gasteiger partial charge >= 0.3 is 6.18 Å². The zero-order valence-electron chi connectivity index (χ0n) is 11.9. The highest BCUT2D eigenvalue weighted by Crippen LogP contribution is 2.36. The van der Waals surface area contributed by atoms with Crippen molar-refractivity contribution in [3.05, 3.63) is 23.8 Å². The Labute approximate surface area is 125 Å². The molecule has 0 bridgehead atoms. The van der Waals surface area contributed by atoms with Crippen molar-refractivity contribution in [2.45, 2.75) is 6.18 Å². The molecule has 1 aliphatic heterocycles. The van der Waals surface area contributed by atoms with Gasteiger partial charge in [-0.15, -0.1) is 0 Å². The third-order valence-corrected chi connectivity index (χ3v) is 3.59. The number of anilines is 1. The summed E-state index contributed by atoms with van der Waals surface area (Å²) in [6, 6.07) is 3.93. The predicted molar refractivity (Wildman–Crippen MR) is 76.2 cm³/mol. The number of halogens is 3. The minimum atomic E-state index is -4.48. The van der Waals surface area contributed by atoms with Crippen molar-refractivity contribution in [3.8, 4) is 5.88 Å². The molecule has 22 heavy (non-hydrogen) atoms. The van der Waals surface area contributed by atoms with Crippen LogP contribution in [-0.4, -0.2) is 43.3 Å². The summed E-state index contributed by atoms with van der Waals surface area (Å²) in [5, 5.41) is 3.19. The first-order valence-electron chi connectivity index (χ1n) is 6.87. The van der Waals surface area contributed by atoms with Crippen LogP contribution < -0.4 is 15.0 Å². The van der Waals surface area contributed by atoms with Gasteiger partial charge in [-0.1, -0.05) is 0 Å². The smallest absolute Gasteiger partial charge is 0.417 e. The maximum absolute atomic E-state index is 13.2. The maximum Gasteiger partial charge on any atom is 0.417 e. The largest absolute Gasteiger partial charge is 0.481 e. The van der Waals surface area contributed by atoms with Gasteiger partial charge in [0.1, 0.15) is 5.82 Å². The molecule has 0 unspecified atom stereocenters. The molecule has 1 N–H and O–H groups in total. The van der Waals surface area contributed by atoms with E-state index in [9.17, 15) is 13.2 Å². The summed E-state index contributed by atoms with van der Waals surface area (Å²) in [6.07, 6.45) is -4.48. The Balaban J connectivity index is 2.11. The van der Waals surface area contributed by atoms with Crippen molar-refractivity contribution in [1.82, 2.24) is 15.3 Å². The van der Waals surface area contributed by atoms with Crippen molar-refractivity contribution in [2.75, 3.05) is 38.2 Å². The van der Waals surface area contributed by atoms with Crippen LogP contribution in [0.1, 0.15) is 5.56 Å². The number of fused-ring (bicyclic) bond motifs is 1. The van der Waals surface area contributed by atoms with Gasteiger partial charge in [-0.3, -0.25) is 0 Å². The van der Waals surface area contributed by atoms with Crippen LogP contribution in [0.4, 0.5) is 19.0 Å². The SMILES string of the molecule is COc1cc(C(F)(F)F)c2ccc(N3CCNCC3)nc2n1. The van der Waals surface area contributed by atoms with Crippen LogP contribution in [0.3, 0.4) is 0 Å². The highest BCUT2D eigenvalue weighted by molar-refractivity contribution is 5.81. The van der Waals surface area contributed by atoms with Gasteiger partial charge in [0.2, 0.25) is 5.88 Å². The zero-order chi connectivity index (χ0) is 15.7. The second-order valence-electron chi connectivity index (χ2n) is 4.99. The summed E-state index contributed by atoms with van der Waals surface area (Å²) in [6.45, 7) is 3.15. The van der Waals surface area contributed by atoms with E-state index in [2.05, 4.69) is 15.3 Å². The van der Waals surface area contributed by atoms with E-state index in [1.165, 1.54) is 13.2 Å². The lowest BCUT2D eigenvalue weighted by atomic mass is 10.1. The number of hydrogen-bond donors (Lipinski definition) is 1. The van der Waals surface area contributed by atoms with E-state index < -0.39 is 11.7 Å². The number of pyridine rings is 2. The maximum atomic E-state index is 13.2. The Morgan fingerprint density at radius 3 is 2.55 bits per heavy atom. The molecule has 2 aromatic heterocycles. The van der Waals surface area contributed by atoms with Crippen molar-refractivity contribution in [1.29, 1.82) is 0 Å². The van der Waals surface area contributed by atoms with E-state index in [4.69, 9.17) is 4.74 Å². The molecule has 5 nitrogen and oxygen atoms in total. The van der Waals surface area contributed by atoms with E-state index in [0.717, 1.165) is 32.2 Å². The Kier molecular flexibility index (Phi) is 3.78. The number of rotatable bonds is 2.